The van der Waals surface area contributed by atoms with Crippen molar-refractivity contribution in [1.29, 1.82) is 0 Å². The lowest BCUT2D eigenvalue weighted by Gasteiger charge is -2.37. The molecule has 8 nitrogen and oxygen atoms in total. The standard InChI is InChI=1S/C31H36N2O6/c1-4-37-30(36)28-22(3)33(27(34)19-26(28)24-10-8-21(2)9-11-24)20-23-6-5-7-25(18-23)29(35)32-14-12-31(13-15-32)38-16-17-39-31/h5-11,18,26H,4,12-17,19-20H2,1-3H3. The highest BCUT2D eigenvalue weighted by Crippen LogP contribution is 2.38. The van der Waals surface area contributed by atoms with Crippen molar-refractivity contribution in [2.24, 2.45) is 0 Å². The van der Waals surface area contributed by atoms with Crippen LogP contribution in [0.5, 0.6) is 0 Å². The van der Waals surface area contributed by atoms with Crippen molar-refractivity contribution in [2.45, 2.75) is 58.3 Å². The van der Waals surface area contributed by atoms with Gasteiger partial charge in [-0.15, -0.1) is 0 Å². The number of allylic oxidation sites excluding steroid dienone is 1. The van der Waals surface area contributed by atoms with Crippen LogP contribution in [0.15, 0.2) is 59.8 Å². The minimum atomic E-state index is -0.538. The van der Waals surface area contributed by atoms with Gasteiger partial charge in [0.2, 0.25) is 5.91 Å². The fourth-order valence-electron chi connectivity index (χ4n) is 5.76. The van der Waals surface area contributed by atoms with Crippen molar-refractivity contribution in [2.75, 3.05) is 32.9 Å². The molecule has 2 fully saturated rings. The molecule has 0 saturated carbocycles. The number of aryl methyl sites for hydroxylation is 1. The first-order valence-corrected chi connectivity index (χ1v) is 13.7. The van der Waals surface area contributed by atoms with E-state index < -0.39 is 11.8 Å². The summed E-state index contributed by atoms with van der Waals surface area (Å²) in [6, 6.07) is 15.3. The van der Waals surface area contributed by atoms with Crippen molar-refractivity contribution in [1.82, 2.24) is 9.80 Å². The topological polar surface area (TPSA) is 85.4 Å². The summed E-state index contributed by atoms with van der Waals surface area (Å²) in [5.41, 5.74) is 4.52. The Labute approximate surface area is 229 Å². The third-order valence-electron chi connectivity index (χ3n) is 7.94. The van der Waals surface area contributed by atoms with Crippen molar-refractivity contribution >= 4 is 17.8 Å². The molecule has 2 saturated heterocycles. The predicted molar refractivity (Wildman–Crippen MR) is 145 cm³/mol. The Kier molecular flexibility index (Phi) is 7.86. The Morgan fingerprint density at radius 1 is 1.03 bits per heavy atom. The number of esters is 1. The van der Waals surface area contributed by atoms with Gasteiger partial charge in [-0.25, -0.2) is 4.79 Å². The predicted octanol–water partition coefficient (Wildman–Crippen LogP) is 4.33. The Morgan fingerprint density at radius 3 is 2.38 bits per heavy atom. The molecule has 3 aliphatic heterocycles. The second kappa shape index (κ2) is 11.3. The van der Waals surface area contributed by atoms with Gasteiger partial charge in [-0.1, -0.05) is 42.0 Å². The maximum Gasteiger partial charge on any atom is 0.336 e. The zero-order valence-electron chi connectivity index (χ0n) is 22.9. The van der Waals surface area contributed by atoms with Gasteiger partial charge in [0.05, 0.1) is 31.9 Å². The first-order chi connectivity index (χ1) is 18.8. The summed E-state index contributed by atoms with van der Waals surface area (Å²) in [7, 11) is 0. The average molecular weight is 533 g/mol. The fraction of sp³-hybridized carbons (Fsp3) is 0.452. The van der Waals surface area contributed by atoms with Gasteiger partial charge in [0.1, 0.15) is 0 Å². The third-order valence-corrected chi connectivity index (χ3v) is 7.94. The number of likely N-dealkylation sites (tertiary alicyclic amines) is 1. The van der Waals surface area contributed by atoms with Crippen LogP contribution in [0, 0.1) is 6.92 Å². The van der Waals surface area contributed by atoms with Crippen molar-refractivity contribution < 1.29 is 28.6 Å². The molecule has 0 aromatic heterocycles. The van der Waals surface area contributed by atoms with Crippen LogP contribution < -0.4 is 0 Å². The molecule has 2 amide bonds. The van der Waals surface area contributed by atoms with Gasteiger partial charge in [0.25, 0.3) is 5.91 Å². The number of benzene rings is 2. The first-order valence-electron chi connectivity index (χ1n) is 13.7. The molecule has 0 N–H and O–H groups in total. The molecule has 1 spiro atoms. The number of piperidine rings is 1. The van der Waals surface area contributed by atoms with Crippen LogP contribution >= 0.6 is 0 Å². The molecule has 206 valence electrons. The van der Waals surface area contributed by atoms with E-state index in [-0.39, 0.29) is 37.3 Å². The van der Waals surface area contributed by atoms with Crippen LogP contribution in [0.4, 0.5) is 0 Å². The van der Waals surface area contributed by atoms with Gasteiger partial charge >= 0.3 is 5.97 Å². The third kappa shape index (κ3) is 5.63. The van der Waals surface area contributed by atoms with E-state index in [0.717, 1.165) is 16.7 Å². The smallest absolute Gasteiger partial charge is 0.336 e. The molecule has 0 bridgehead atoms. The summed E-state index contributed by atoms with van der Waals surface area (Å²) in [5, 5.41) is 0. The number of carbonyl (C=O) groups excluding carboxylic acids is 3. The van der Waals surface area contributed by atoms with E-state index in [4.69, 9.17) is 14.2 Å². The summed E-state index contributed by atoms with van der Waals surface area (Å²) < 4.78 is 17.0. The van der Waals surface area contributed by atoms with Crippen molar-refractivity contribution in [3.63, 3.8) is 0 Å². The summed E-state index contributed by atoms with van der Waals surface area (Å²) in [6.07, 6.45) is 1.49. The highest BCUT2D eigenvalue weighted by atomic mass is 16.7. The first kappa shape index (κ1) is 27.1. The Balaban J connectivity index is 1.36. The SMILES string of the molecule is CCOC(=O)C1=C(C)N(Cc2cccc(C(=O)N3CCC4(CC3)OCCO4)c2)C(=O)CC1c1ccc(C)cc1. The summed E-state index contributed by atoms with van der Waals surface area (Å²) in [6.45, 7) is 8.44. The van der Waals surface area contributed by atoms with Crippen LogP contribution in [0.2, 0.25) is 0 Å². The molecule has 0 radical (unpaired) electrons. The molecule has 5 rings (SSSR count). The second-order valence-electron chi connectivity index (χ2n) is 10.5. The molecular weight excluding hydrogens is 496 g/mol. The molecule has 39 heavy (non-hydrogen) atoms. The van der Waals surface area contributed by atoms with Gasteiger partial charge in [-0.3, -0.25) is 9.59 Å². The van der Waals surface area contributed by atoms with Crippen LogP contribution in [0.3, 0.4) is 0 Å². The lowest BCUT2D eigenvalue weighted by molar-refractivity contribution is -0.181. The van der Waals surface area contributed by atoms with Crippen LogP contribution in [0.25, 0.3) is 0 Å². The minimum absolute atomic E-state index is 0.0476. The van der Waals surface area contributed by atoms with E-state index in [1.165, 1.54) is 0 Å². The Hall–Kier alpha value is -3.49. The summed E-state index contributed by atoms with van der Waals surface area (Å²) in [4.78, 5) is 43.3. The number of amides is 2. The van der Waals surface area contributed by atoms with Crippen molar-refractivity contribution in [3.05, 3.63) is 82.1 Å². The zero-order chi connectivity index (χ0) is 27.6. The monoisotopic (exact) mass is 532 g/mol. The van der Waals surface area contributed by atoms with Gasteiger partial charge < -0.3 is 24.0 Å². The minimum Gasteiger partial charge on any atom is -0.463 e. The summed E-state index contributed by atoms with van der Waals surface area (Å²) in [5.74, 6) is -1.42. The van der Waals surface area contributed by atoms with Crippen LogP contribution in [0.1, 0.15) is 66.1 Å². The number of nitrogens with zero attached hydrogens (tertiary/aromatic N) is 2. The van der Waals surface area contributed by atoms with E-state index in [9.17, 15) is 14.4 Å². The van der Waals surface area contributed by atoms with Gasteiger partial charge in [0.15, 0.2) is 5.79 Å². The van der Waals surface area contributed by atoms with Crippen molar-refractivity contribution in [3.8, 4) is 0 Å². The molecule has 1 atom stereocenters. The molecule has 3 aliphatic rings. The van der Waals surface area contributed by atoms with E-state index in [0.29, 0.717) is 56.0 Å². The van der Waals surface area contributed by atoms with Gasteiger partial charge in [0, 0.05) is 49.5 Å². The zero-order valence-corrected chi connectivity index (χ0v) is 22.9. The maximum atomic E-state index is 13.4. The number of hydrogen-bond donors (Lipinski definition) is 0. The van der Waals surface area contributed by atoms with Gasteiger partial charge in [-0.2, -0.15) is 0 Å². The summed E-state index contributed by atoms with van der Waals surface area (Å²) >= 11 is 0. The maximum absolute atomic E-state index is 13.4. The second-order valence-corrected chi connectivity index (χ2v) is 10.5. The van der Waals surface area contributed by atoms with E-state index in [1.807, 2.05) is 54.3 Å². The number of rotatable bonds is 6. The highest BCUT2D eigenvalue weighted by molar-refractivity contribution is 5.96. The largest absolute Gasteiger partial charge is 0.463 e. The molecule has 2 aromatic carbocycles. The highest BCUT2D eigenvalue weighted by Gasteiger charge is 2.41. The normalized spacial score (nSPS) is 21.0. The molecule has 8 heteroatoms. The Morgan fingerprint density at radius 2 is 1.72 bits per heavy atom. The molecule has 1 unspecified atom stereocenters. The van der Waals surface area contributed by atoms with E-state index in [2.05, 4.69) is 0 Å². The number of hydrogen-bond acceptors (Lipinski definition) is 6. The van der Waals surface area contributed by atoms with E-state index >= 15 is 0 Å². The van der Waals surface area contributed by atoms with E-state index in [1.54, 1.807) is 24.8 Å². The lowest BCUT2D eigenvalue weighted by atomic mass is 9.83. The molecule has 3 heterocycles. The number of ether oxygens (including phenoxy) is 3. The molecule has 0 aliphatic carbocycles. The molecule has 2 aromatic rings. The average Bonchev–Trinajstić information content (AvgIpc) is 3.39. The fourth-order valence-corrected chi connectivity index (χ4v) is 5.76. The lowest BCUT2D eigenvalue weighted by Crippen LogP contribution is -2.47. The number of carbonyl (C=O) groups is 3. The van der Waals surface area contributed by atoms with Gasteiger partial charge in [-0.05, 0) is 44.0 Å². The quantitative estimate of drug-likeness (QED) is 0.515. The molecular formula is C31H36N2O6. The Bertz CT molecular complexity index is 1270. The van der Waals surface area contributed by atoms with Crippen LogP contribution in [-0.4, -0.2) is 66.3 Å². The van der Waals surface area contributed by atoms with Crippen LogP contribution in [-0.2, 0) is 30.3 Å².